The average Bonchev–Trinajstić information content (AvgIpc) is 3.19. The highest BCUT2D eigenvalue weighted by Gasteiger charge is 2.18. The van der Waals surface area contributed by atoms with Gasteiger partial charge in [0.2, 0.25) is 4.96 Å². The van der Waals surface area contributed by atoms with Gasteiger partial charge in [0.25, 0.3) is 0 Å². The lowest BCUT2D eigenvalue weighted by Gasteiger charge is -2.06. The molecule has 1 aromatic heterocycles. The second-order valence-corrected chi connectivity index (χ2v) is 6.78. The van der Waals surface area contributed by atoms with Gasteiger partial charge in [-0.25, -0.2) is 4.98 Å². The van der Waals surface area contributed by atoms with E-state index >= 15 is 0 Å². The minimum Gasteiger partial charge on any atom is -0.484 e. The predicted octanol–water partition coefficient (Wildman–Crippen LogP) is 4.07. The maximum absolute atomic E-state index is 6.12. The summed E-state index contributed by atoms with van der Waals surface area (Å²) in [5.74, 6) is 1.21. The Bertz CT molecular complexity index is 1180. The first-order valence-electron chi connectivity index (χ1n) is 7.56. The fourth-order valence-electron chi connectivity index (χ4n) is 2.66. The molecule has 2 aliphatic heterocycles. The molecule has 3 aromatic rings. The van der Waals surface area contributed by atoms with Gasteiger partial charge in [-0.2, -0.15) is 9.61 Å². The Morgan fingerprint density at radius 3 is 2.80 bits per heavy atom. The summed E-state index contributed by atoms with van der Waals surface area (Å²) in [5.41, 5.74) is 1.77. The number of rotatable bonds is 3. The zero-order chi connectivity index (χ0) is 16.8. The lowest BCUT2D eigenvalue weighted by Crippen LogP contribution is -2.04. The van der Waals surface area contributed by atoms with Crippen LogP contribution < -0.4 is 4.74 Å². The van der Waals surface area contributed by atoms with Gasteiger partial charge in [0.1, 0.15) is 23.1 Å². The van der Waals surface area contributed by atoms with Gasteiger partial charge in [0.15, 0.2) is 5.82 Å². The first-order chi connectivity index (χ1) is 12.3. The Balaban J connectivity index is 1.58. The number of benzene rings is 2. The van der Waals surface area contributed by atoms with Gasteiger partial charge in [-0.3, -0.25) is 0 Å². The molecule has 6 nitrogen and oxygen atoms in total. The van der Waals surface area contributed by atoms with Crippen molar-refractivity contribution in [2.45, 2.75) is 6.61 Å². The number of hydrogen-bond donors (Lipinski definition) is 0. The number of ether oxygens (including phenoxy) is 1. The summed E-state index contributed by atoms with van der Waals surface area (Å²) in [5, 5.41) is 15.5. The van der Waals surface area contributed by atoms with Crippen LogP contribution in [0, 0.1) is 0 Å². The first-order valence-corrected chi connectivity index (χ1v) is 8.76. The summed E-state index contributed by atoms with van der Waals surface area (Å²) in [6.45, 7) is 0.224. The molecule has 0 amide bonds. The molecular formula is C17H10ClN5OS. The number of halogens is 1. The van der Waals surface area contributed by atoms with Crippen LogP contribution in [-0.4, -0.2) is 24.8 Å². The normalized spacial score (nSPS) is 11.6. The number of nitrogens with zero attached hydrogens (tertiary/aromatic N) is 5. The molecule has 2 aromatic carbocycles. The van der Waals surface area contributed by atoms with Crippen LogP contribution in [0.2, 0.25) is 5.02 Å². The highest BCUT2D eigenvalue weighted by Crippen LogP contribution is 2.33. The predicted molar refractivity (Wildman–Crippen MR) is 96.4 cm³/mol. The fourth-order valence-corrected chi connectivity index (χ4v) is 3.73. The maximum Gasteiger partial charge on any atom is 0.235 e. The van der Waals surface area contributed by atoms with Crippen LogP contribution in [0.5, 0.6) is 5.75 Å². The summed E-state index contributed by atoms with van der Waals surface area (Å²) < 4.78 is 7.47. The topological polar surface area (TPSA) is 65.2 Å². The van der Waals surface area contributed by atoms with E-state index in [-0.39, 0.29) is 6.61 Å². The van der Waals surface area contributed by atoms with E-state index in [0.717, 1.165) is 21.6 Å². The number of aromatic nitrogens is 5. The molecule has 25 heavy (non-hydrogen) atoms. The van der Waals surface area contributed by atoms with Gasteiger partial charge in [-0.1, -0.05) is 53.3 Å². The third kappa shape index (κ3) is 2.40. The molecule has 0 radical (unpaired) electrons. The smallest absolute Gasteiger partial charge is 0.235 e. The number of para-hydroxylation sites is 2. The van der Waals surface area contributed by atoms with E-state index in [1.54, 1.807) is 10.6 Å². The van der Waals surface area contributed by atoms with Crippen molar-refractivity contribution in [1.29, 1.82) is 0 Å². The van der Waals surface area contributed by atoms with Gasteiger partial charge in [0.05, 0.1) is 10.5 Å². The molecule has 0 saturated carbocycles. The van der Waals surface area contributed by atoms with Crippen LogP contribution in [0.3, 0.4) is 0 Å². The fraction of sp³-hybridized carbons (Fsp3) is 0.0588. The quantitative estimate of drug-likeness (QED) is 0.481. The Labute approximate surface area is 151 Å². The van der Waals surface area contributed by atoms with Crippen LogP contribution in [0.25, 0.3) is 26.6 Å². The van der Waals surface area contributed by atoms with Crippen LogP contribution in [-0.2, 0) is 6.61 Å². The van der Waals surface area contributed by atoms with Crippen molar-refractivity contribution in [2.75, 3.05) is 0 Å². The van der Waals surface area contributed by atoms with Crippen molar-refractivity contribution in [3.63, 3.8) is 0 Å². The highest BCUT2D eigenvalue weighted by molar-refractivity contribution is 7.19. The maximum atomic E-state index is 6.12. The van der Waals surface area contributed by atoms with Crippen molar-refractivity contribution in [3.05, 3.63) is 59.4 Å². The molecule has 0 fully saturated rings. The molecule has 0 aliphatic carbocycles. The molecule has 0 atom stereocenters. The zero-order valence-corrected chi connectivity index (χ0v) is 14.3. The van der Waals surface area contributed by atoms with Crippen molar-refractivity contribution in [2.24, 2.45) is 0 Å². The van der Waals surface area contributed by atoms with Crippen LogP contribution in [0.4, 0.5) is 0 Å². The van der Waals surface area contributed by atoms with Crippen molar-refractivity contribution >= 4 is 38.8 Å². The molecule has 2 aliphatic rings. The zero-order valence-electron chi connectivity index (χ0n) is 12.8. The minimum atomic E-state index is 0.224. The van der Waals surface area contributed by atoms with E-state index in [4.69, 9.17) is 16.3 Å². The highest BCUT2D eigenvalue weighted by atomic mass is 35.5. The Morgan fingerprint density at radius 2 is 1.88 bits per heavy atom. The summed E-state index contributed by atoms with van der Waals surface area (Å²) in [6.07, 6.45) is 0. The second kappa shape index (κ2) is 5.65. The van der Waals surface area contributed by atoms with Crippen molar-refractivity contribution in [1.82, 2.24) is 24.8 Å². The van der Waals surface area contributed by atoms with E-state index in [1.807, 2.05) is 42.5 Å². The van der Waals surface area contributed by atoms with Gasteiger partial charge >= 0.3 is 0 Å². The second-order valence-electron chi connectivity index (χ2n) is 5.41. The molecule has 0 unspecified atom stereocenters. The molecule has 5 rings (SSSR count). The SMILES string of the molecule is Clc1ccccc1OCc1nnc2sc3nc4ccccc4c-3nn12. The molecule has 0 N–H and O–H groups in total. The van der Waals surface area contributed by atoms with Crippen LogP contribution >= 0.6 is 22.9 Å². The molecule has 0 bridgehead atoms. The standard InChI is InChI=1S/C17H10ClN5OS/c18-11-6-2-4-8-13(11)24-9-14-20-21-17-23(14)22-15-10-5-1-3-7-12(10)19-16(15)25-17/h1-8H,9H2. The van der Waals surface area contributed by atoms with E-state index in [0.29, 0.717) is 21.6 Å². The summed E-state index contributed by atoms with van der Waals surface area (Å²) in [6, 6.07) is 15.3. The van der Waals surface area contributed by atoms with Crippen LogP contribution in [0.1, 0.15) is 5.82 Å². The monoisotopic (exact) mass is 367 g/mol. The Hall–Kier alpha value is -2.77. The average molecular weight is 368 g/mol. The van der Waals surface area contributed by atoms with Gasteiger partial charge in [0, 0.05) is 5.39 Å². The minimum absolute atomic E-state index is 0.224. The molecule has 8 heteroatoms. The van der Waals surface area contributed by atoms with Crippen LogP contribution in [0.15, 0.2) is 48.5 Å². The van der Waals surface area contributed by atoms with Crippen molar-refractivity contribution < 1.29 is 4.74 Å². The molecule has 0 spiro atoms. The molecule has 0 saturated heterocycles. The van der Waals surface area contributed by atoms with Gasteiger partial charge in [-0.05, 0) is 18.2 Å². The number of hydrogen-bond acceptors (Lipinski definition) is 6. The molecule has 122 valence electrons. The summed E-state index contributed by atoms with van der Waals surface area (Å²) >= 11 is 7.58. The van der Waals surface area contributed by atoms with Gasteiger partial charge < -0.3 is 4.74 Å². The van der Waals surface area contributed by atoms with Crippen molar-refractivity contribution in [3.8, 4) is 16.5 Å². The first kappa shape index (κ1) is 14.6. The Morgan fingerprint density at radius 1 is 1.04 bits per heavy atom. The third-order valence-electron chi connectivity index (χ3n) is 3.84. The van der Waals surface area contributed by atoms with E-state index < -0.39 is 0 Å². The van der Waals surface area contributed by atoms with E-state index in [1.165, 1.54) is 11.3 Å². The molecule has 3 heterocycles. The van der Waals surface area contributed by atoms with E-state index in [2.05, 4.69) is 20.3 Å². The summed E-state index contributed by atoms with van der Waals surface area (Å²) in [7, 11) is 0. The lowest BCUT2D eigenvalue weighted by atomic mass is 10.2. The third-order valence-corrected chi connectivity index (χ3v) is 5.07. The molecular weight excluding hydrogens is 358 g/mol. The Kier molecular flexibility index (Phi) is 3.29. The number of fused-ring (bicyclic) bond motifs is 4. The largest absolute Gasteiger partial charge is 0.484 e. The lowest BCUT2D eigenvalue weighted by molar-refractivity contribution is 0.293. The van der Waals surface area contributed by atoms with Gasteiger partial charge in [-0.15, -0.1) is 10.2 Å². The van der Waals surface area contributed by atoms with E-state index in [9.17, 15) is 0 Å². The summed E-state index contributed by atoms with van der Waals surface area (Å²) in [4.78, 5) is 5.28.